The van der Waals surface area contributed by atoms with E-state index in [4.69, 9.17) is 5.73 Å². The van der Waals surface area contributed by atoms with Crippen molar-refractivity contribution in [2.75, 3.05) is 0 Å². The molecule has 0 bridgehead atoms. The van der Waals surface area contributed by atoms with Crippen molar-refractivity contribution >= 4 is 11.3 Å². The Morgan fingerprint density at radius 2 is 2.00 bits per heavy atom. The Morgan fingerprint density at radius 1 is 1.33 bits per heavy atom. The summed E-state index contributed by atoms with van der Waals surface area (Å²) in [5, 5.41) is 2.12. The first-order valence-corrected chi connectivity index (χ1v) is 6.59. The second kappa shape index (κ2) is 3.87. The molecule has 3 heteroatoms. The van der Waals surface area contributed by atoms with Gasteiger partial charge in [0.25, 0.3) is 0 Å². The Bertz CT molecular complexity index is 306. The van der Waals surface area contributed by atoms with E-state index < -0.39 is 0 Å². The summed E-state index contributed by atoms with van der Waals surface area (Å²) in [5.41, 5.74) is 9.99. The predicted octanol–water partition coefficient (Wildman–Crippen LogP) is 2.98. The molecule has 0 amide bonds. The molecule has 0 radical (unpaired) electrons. The third kappa shape index (κ3) is 2.79. The third-order valence-corrected chi connectivity index (χ3v) is 4.25. The van der Waals surface area contributed by atoms with Crippen LogP contribution in [0.25, 0.3) is 0 Å². The average Bonchev–Trinajstić information content (AvgIpc) is 2.64. The van der Waals surface area contributed by atoms with Crippen molar-refractivity contribution in [3.05, 3.63) is 16.6 Å². The lowest BCUT2D eigenvalue weighted by molar-refractivity contribution is 0.164. The fraction of sp³-hybridized carbons (Fsp3) is 0.750. The number of nitrogens with zero attached hydrogens (tertiary/aromatic N) is 1. The molecule has 2 nitrogen and oxygen atoms in total. The van der Waals surface area contributed by atoms with Crippen molar-refractivity contribution in [2.24, 2.45) is 11.1 Å². The number of nitrogens with two attached hydrogens (primary N) is 1. The molecule has 0 saturated heterocycles. The second-order valence-electron chi connectivity index (χ2n) is 5.68. The maximum atomic E-state index is 6.44. The molecule has 0 aliphatic heterocycles. The maximum absolute atomic E-state index is 6.44. The van der Waals surface area contributed by atoms with Gasteiger partial charge < -0.3 is 5.73 Å². The van der Waals surface area contributed by atoms with Gasteiger partial charge in [-0.1, -0.05) is 13.8 Å². The maximum Gasteiger partial charge on any atom is 0.0794 e. The number of thiazole rings is 1. The van der Waals surface area contributed by atoms with Crippen LogP contribution in [0.1, 0.15) is 45.2 Å². The highest BCUT2D eigenvalue weighted by molar-refractivity contribution is 7.07. The van der Waals surface area contributed by atoms with Gasteiger partial charge in [0.1, 0.15) is 0 Å². The Labute approximate surface area is 95.9 Å². The summed E-state index contributed by atoms with van der Waals surface area (Å²) in [6.45, 7) is 4.69. The molecule has 1 heterocycles. The summed E-state index contributed by atoms with van der Waals surface area (Å²) in [7, 11) is 0. The van der Waals surface area contributed by atoms with Gasteiger partial charge in [-0.3, -0.25) is 0 Å². The summed E-state index contributed by atoms with van der Waals surface area (Å²) in [4.78, 5) is 4.33. The van der Waals surface area contributed by atoms with Crippen LogP contribution in [0.4, 0.5) is 0 Å². The molecule has 84 valence electrons. The molecule has 1 aliphatic rings. The Morgan fingerprint density at radius 3 is 2.53 bits per heavy atom. The molecule has 0 atom stereocenters. The first-order chi connectivity index (χ1) is 6.99. The zero-order valence-corrected chi connectivity index (χ0v) is 10.4. The van der Waals surface area contributed by atoms with E-state index in [-0.39, 0.29) is 5.54 Å². The van der Waals surface area contributed by atoms with Crippen LogP contribution in [0, 0.1) is 5.41 Å². The van der Waals surface area contributed by atoms with Gasteiger partial charge in [-0.2, -0.15) is 0 Å². The zero-order chi connectivity index (χ0) is 10.9. The molecule has 1 aromatic heterocycles. The second-order valence-corrected chi connectivity index (χ2v) is 6.40. The smallest absolute Gasteiger partial charge is 0.0794 e. The Kier molecular flexibility index (Phi) is 2.86. The summed E-state index contributed by atoms with van der Waals surface area (Å²) >= 11 is 1.66. The predicted molar refractivity (Wildman–Crippen MR) is 65.0 cm³/mol. The number of hydrogen-bond acceptors (Lipinski definition) is 3. The summed E-state index contributed by atoms with van der Waals surface area (Å²) < 4.78 is 0. The van der Waals surface area contributed by atoms with E-state index >= 15 is 0 Å². The lowest BCUT2D eigenvalue weighted by atomic mass is 9.68. The van der Waals surface area contributed by atoms with Gasteiger partial charge in [0.2, 0.25) is 0 Å². The fourth-order valence-corrected chi connectivity index (χ4v) is 2.85. The van der Waals surface area contributed by atoms with Gasteiger partial charge >= 0.3 is 0 Å². The van der Waals surface area contributed by atoms with E-state index in [1.807, 2.05) is 5.51 Å². The molecular formula is C12H20N2S. The summed E-state index contributed by atoms with van der Waals surface area (Å²) in [5.74, 6) is 0. The molecule has 2 rings (SSSR count). The fourth-order valence-electron chi connectivity index (χ4n) is 2.29. The molecule has 1 aliphatic carbocycles. The summed E-state index contributed by atoms with van der Waals surface area (Å²) in [6, 6.07) is 0. The topological polar surface area (TPSA) is 38.9 Å². The number of hydrogen-bond donors (Lipinski definition) is 1. The first-order valence-electron chi connectivity index (χ1n) is 5.65. The van der Waals surface area contributed by atoms with Crippen molar-refractivity contribution in [3.63, 3.8) is 0 Å². The van der Waals surface area contributed by atoms with Crippen LogP contribution in [0.15, 0.2) is 10.9 Å². The van der Waals surface area contributed by atoms with Crippen molar-refractivity contribution in [1.82, 2.24) is 4.98 Å². The normalized spacial score (nSPS) is 23.9. The molecule has 0 aromatic carbocycles. The monoisotopic (exact) mass is 224 g/mol. The average molecular weight is 224 g/mol. The van der Waals surface area contributed by atoms with E-state index in [0.29, 0.717) is 5.41 Å². The highest BCUT2D eigenvalue weighted by Gasteiger charge is 2.35. The molecule has 1 fully saturated rings. The van der Waals surface area contributed by atoms with Crippen molar-refractivity contribution in [1.29, 1.82) is 0 Å². The zero-order valence-electron chi connectivity index (χ0n) is 9.62. The molecule has 2 N–H and O–H groups in total. The molecule has 0 spiro atoms. The van der Waals surface area contributed by atoms with Crippen molar-refractivity contribution in [3.8, 4) is 0 Å². The van der Waals surface area contributed by atoms with Crippen LogP contribution >= 0.6 is 11.3 Å². The van der Waals surface area contributed by atoms with Crippen LogP contribution in [-0.2, 0) is 6.42 Å². The minimum Gasteiger partial charge on any atom is -0.325 e. The largest absolute Gasteiger partial charge is 0.325 e. The number of aromatic nitrogens is 1. The number of rotatable bonds is 2. The van der Waals surface area contributed by atoms with Crippen LogP contribution in [-0.4, -0.2) is 10.5 Å². The van der Waals surface area contributed by atoms with Gasteiger partial charge in [-0.25, -0.2) is 4.98 Å². The Balaban J connectivity index is 1.98. The van der Waals surface area contributed by atoms with Gasteiger partial charge in [-0.15, -0.1) is 11.3 Å². The van der Waals surface area contributed by atoms with E-state index in [9.17, 15) is 0 Å². The lowest BCUT2D eigenvalue weighted by Crippen LogP contribution is -2.46. The standard InChI is InChI=1S/C12H20N2S/c1-11(2)3-5-12(13,6-4-11)7-10-8-15-9-14-10/h8-9H,3-7,13H2,1-2H3. The quantitative estimate of drug-likeness (QED) is 0.838. The minimum atomic E-state index is 0.00356. The molecular weight excluding hydrogens is 204 g/mol. The molecule has 15 heavy (non-hydrogen) atoms. The minimum absolute atomic E-state index is 0.00356. The lowest BCUT2D eigenvalue weighted by Gasteiger charge is -2.41. The Hall–Kier alpha value is -0.410. The van der Waals surface area contributed by atoms with Crippen LogP contribution in [0.3, 0.4) is 0 Å². The van der Waals surface area contributed by atoms with Gasteiger partial charge in [0, 0.05) is 17.3 Å². The molecule has 0 unspecified atom stereocenters. The first kappa shape index (κ1) is 11.1. The van der Waals surface area contributed by atoms with E-state index in [0.717, 1.165) is 19.3 Å². The van der Waals surface area contributed by atoms with Crippen LogP contribution in [0.2, 0.25) is 0 Å². The van der Waals surface area contributed by atoms with Gasteiger partial charge in [0.15, 0.2) is 0 Å². The van der Waals surface area contributed by atoms with E-state index in [1.54, 1.807) is 11.3 Å². The van der Waals surface area contributed by atoms with Crippen LogP contribution < -0.4 is 5.73 Å². The van der Waals surface area contributed by atoms with Crippen molar-refractivity contribution in [2.45, 2.75) is 51.5 Å². The SMILES string of the molecule is CC1(C)CCC(N)(Cc2cscn2)CC1. The van der Waals surface area contributed by atoms with Crippen LogP contribution in [0.5, 0.6) is 0 Å². The van der Waals surface area contributed by atoms with Gasteiger partial charge in [0.05, 0.1) is 11.2 Å². The third-order valence-electron chi connectivity index (χ3n) is 3.62. The van der Waals surface area contributed by atoms with Crippen molar-refractivity contribution < 1.29 is 0 Å². The molecule has 1 saturated carbocycles. The highest BCUT2D eigenvalue weighted by atomic mass is 32.1. The molecule has 1 aromatic rings. The summed E-state index contributed by atoms with van der Waals surface area (Å²) in [6.07, 6.45) is 5.71. The van der Waals surface area contributed by atoms with E-state index in [2.05, 4.69) is 24.2 Å². The highest BCUT2D eigenvalue weighted by Crippen LogP contribution is 2.40. The van der Waals surface area contributed by atoms with E-state index in [1.165, 1.54) is 18.5 Å². The van der Waals surface area contributed by atoms with Gasteiger partial charge in [-0.05, 0) is 31.1 Å².